The second-order valence-corrected chi connectivity index (χ2v) is 5.89. The molecule has 2 aromatic rings. The lowest BCUT2D eigenvalue weighted by atomic mass is 10.1. The summed E-state index contributed by atoms with van der Waals surface area (Å²) in [4.78, 5) is 12.2. The van der Waals surface area contributed by atoms with E-state index in [4.69, 9.17) is 9.47 Å². The molecule has 0 aliphatic heterocycles. The highest BCUT2D eigenvalue weighted by Gasteiger charge is 2.10. The number of benzene rings is 2. The van der Waals surface area contributed by atoms with Crippen LogP contribution in [0.4, 0.5) is 0 Å². The number of carbonyl (C=O) groups is 1. The van der Waals surface area contributed by atoms with Crippen LogP contribution in [0.1, 0.15) is 36.1 Å². The van der Waals surface area contributed by atoms with Gasteiger partial charge in [0.2, 0.25) is 5.91 Å². The maximum atomic E-state index is 12.2. The predicted molar refractivity (Wildman–Crippen MR) is 95.6 cm³/mol. The number of aryl methyl sites for hydroxylation is 2. The lowest BCUT2D eigenvalue weighted by Gasteiger charge is -2.15. The summed E-state index contributed by atoms with van der Waals surface area (Å²) >= 11 is 0. The van der Waals surface area contributed by atoms with Crippen molar-refractivity contribution in [3.63, 3.8) is 0 Å². The predicted octanol–water partition coefficient (Wildman–Crippen LogP) is 3.82. The average molecular weight is 327 g/mol. The van der Waals surface area contributed by atoms with Gasteiger partial charge in [0.15, 0.2) is 11.5 Å². The molecule has 1 atom stereocenters. The molecule has 0 radical (unpaired) electrons. The monoisotopic (exact) mass is 327 g/mol. The van der Waals surface area contributed by atoms with Crippen LogP contribution in [0.25, 0.3) is 0 Å². The molecule has 0 spiro atoms. The molecule has 0 aliphatic rings. The van der Waals surface area contributed by atoms with Gasteiger partial charge in [-0.15, -0.1) is 0 Å². The number of rotatable bonds is 7. The quantitative estimate of drug-likeness (QED) is 0.841. The van der Waals surface area contributed by atoms with Crippen LogP contribution in [0.5, 0.6) is 11.5 Å². The maximum Gasteiger partial charge on any atom is 0.220 e. The third-order valence-electron chi connectivity index (χ3n) is 4.04. The Morgan fingerprint density at radius 2 is 1.71 bits per heavy atom. The molecule has 0 saturated heterocycles. The van der Waals surface area contributed by atoms with Crippen LogP contribution in [-0.4, -0.2) is 20.1 Å². The summed E-state index contributed by atoms with van der Waals surface area (Å²) in [6, 6.07) is 13.9. The zero-order chi connectivity index (χ0) is 17.5. The number of nitrogens with one attached hydrogen (secondary N) is 1. The van der Waals surface area contributed by atoms with Crippen LogP contribution in [-0.2, 0) is 11.2 Å². The molecule has 0 fully saturated rings. The zero-order valence-electron chi connectivity index (χ0n) is 14.8. The van der Waals surface area contributed by atoms with E-state index in [9.17, 15) is 4.79 Å². The smallest absolute Gasteiger partial charge is 0.220 e. The van der Waals surface area contributed by atoms with Crippen molar-refractivity contribution in [1.82, 2.24) is 5.32 Å². The van der Waals surface area contributed by atoms with Gasteiger partial charge in [-0.2, -0.15) is 0 Å². The van der Waals surface area contributed by atoms with Gasteiger partial charge in [0.05, 0.1) is 20.3 Å². The summed E-state index contributed by atoms with van der Waals surface area (Å²) in [7, 11) is 3.22. The van der Waals surface area contributed by atoms with Crippen molar-refractivity contribution < 1.29 is 14.3 Å². The summed E-state index contributed by atoms with van der Waals surface area (Å²) in [6.07, 6.45) is 1.10. The molecule has 0 saturated carbocycles. The van der Waals surface area contributed by atoms with Crippen LogP contribution in [0, 0.1) is 6.92 Å². The second kappa shape index (κ2) is 8.39. The van der Waals surface area contributed by atoms with Crippen molar-refractivity contribution in [3.8, 4) is 11.5 Å². The summed E-state index contributed by atoms with van der Waals surface area (Å²) in [5, 5.41) is 3.04. The molecule has 4 nitrogen and oxygen atoms in total. The van der Waals surface area contributed by atoms with Crippen molar-refractivity contribution in [2.75, 3.05) is 14.2 Å². The molecule has 4 heteroatoms. The van der Waals surface area contributed by atoms with E-state index >= 15 is 0 Å². The average Bonchev–Trinajstić information content (AvgIpc) is 2.60. The van der Waals surface area contributed by atoms with Gasteiger partial charge in [-0.25, -0.2) is 0 Å². The van der Waals surface area contributed by atoms with Crippen LogP contribution in [0.15, 0.2) is 42.5 Å². The van der Waals surface area contributed by atoms with E-state index in [1.165, 1.54) is 5.56 Å². The third-order valence-corrected chi connectivity index (χ3v) is 4.04. The third kappa shape index (κ3) is 4.75. The van der Waals surface area contributed by atoms with Crippen molar-refractivity contribution in [2.24, 2.45) is 0 Å². The van der Waals surface area contributed by atoms with Gasteiger partial charge >= 0.3 is 0 Å². The Hall–Kier alpha value is -2.49. The summed E-state index contributed by atoms with van der Waals surface area (Å²) < 4.78 is 10.5. The number of hydrogen-bond acceptors (Lipinski definition) is 3. The topological polar surface area (TPSA) is 47.6 Å². The van der Waals surface area contributed by atoms with Gasteiger partial charge in [-0.3, -0.25) is 4.79 Å². The lowest BCUT2D eigenvalue weighted by molar-refractivity contribution is -0.121. The Morgan fingerprint density at radius 1 is 1.04 bits per heavy atom. The van der Waals surface area contributed by atoms with E-state index in [2.05, 4.69) is 36.5 Å². The first kappa shape index (κ1) is 17.9. The number of hydrogen-bond donors (Lipinski definition) is 1. The fourth-order valence-corrected chi connectivity index (χ4v) is 2.55. The molecule has 0 heterocycles. The van der Waals surface area contributed by atoms with Crippen molar-refractivity contribution in [1.29, 1.82) is 0 Å². The second-order valence-electron chi connectivity index (χ2n) is 5.89. The fraction of sp³-hybridized carbons (Fsp3) is 0.350. The molecule has 24 heavy (non-hydrogen) atoms. The van der Waals surface area contributed by atoms with E-state index in [1.54, 1.807) is 14.2 Å². The molecular weight excluding hydrogens is 302 g/mol. The Balaban J connectivity index is 1.90. The van der Waals surface area contributed by atoms with Gasteiger partial charge in [-0.05, 0) is 43.5 Å². The first-order valence-electron chi connectivity index (χ1n) is 8.10. The van der Waals surface area contributed by atoms with E-state index in [-0.39, 0.29) is 11.9 Å². The van der Waals surface area contributed by atoms with Gasteiger partial charge in [0, 0.05) is 6.42 Å². The molecule has 1 N–H and O–H groups in total. The molecule has 0 aliphatic carbocycles. The van der Waals surface area contributed by atoms with Crippen LogP contribution in [0.3, 0.4) is 0 Å². The first-order chi connectivity index (χ1) is 11.5. The standard InChI is InChI=1S/C20H25NO3/c1-14-5-9-17(10-6-14)15(2)21-20(22)12-8-16-7-11-18(23-3)19(13-16)24-4/h5-7,9-11,13,15H,8,12H2,1-4H3,(H,21,22)/t15-/m0/s1. The van der Waals surface area contributed by atoms with Gasteiger partial charge in [0.25, 0.3) is 0 Å². The highest BCUT2D eigenvalue weighted by Crippen LogP contribution is 2.28. The van der Waals surface area contributed by atoms with Gasteiger partial charge in [0.1, 0.15) is 0 Å². The fourth-order valence-electron chi connectivity index (χ4n) is 2.55. The van der Waals surface area contributed by atoms with E-state index in [0.29, 0.717) is 24.3 Å². The van der Waals surface area contributed by atoms with Crippen LogP contribution >= 0.6 is 0 Å². The number of carbonyl (C=O) groups excluding carboxylic acids is 1. The molecule has 2 aromatic carbocycles. The van der Waals surface area contributed by atoms with E-state index < -0.39 is 0 Å². The molecule has 0 aromatic heterocycles. The summed E-state index contributed by atoms with van der Waals surface area (Å²) in [5.41, 5.74) is 3.37. The van der Waals surface area contributed by atoms with Gasteiger partial charge in [-0.1, -0.05) is 35.9 Å². The minimum atomic E-state index is 0.00324. The van der Waals surface area contributed by atoms with E-state index in [0.717, 1.165) is 11.1 Å². The van der Waals surface area contributed by atoms with Crippen LogP contribution in [0.2, 0.25) is 0 Å². The summed E-state index contributed by atoms with van der Waals surface area (Å²) in [6.45, 7) is 4.05. The van der Waals surface area contributed by atoms with Crippen LogP contribution < -0.4 is 14.8 Å². The molecule has 0 bridgehead atoms. The van der Waals surface area contributed by atoms with Gasteiger partial charge < -0.3 is 14.8 Å². The zero-order valence-corrected chi connectivity index (χ0v) is 14.8. The molecule has 128 valence electrons. The number of ether oxygens (including phenoxy) is 2. The lowest BCUT2D eigenvalue weighted by Crippen LogP contribution is -2.26. The molecule has 1 amide bonds. The first-order valence-corrected chi connectivity index (χ1v) is 8.10. The van der Waals surface area contributed by atoms with Crippen molar-refractivity contribution in [2.45, 2.75) is 32.7 Å². The van der Waals surface area contributed by atoms with Crippen molar-refractivity contribution >= 4 is 5.91 Å². The number of amides is 1. The molecule has 2 rings (SSSR count). The maximum absolute atomic E-state index is 12.2. The Kier molecular flexibility index (Phi) is 6.24. The largest absolute Gasteiger partial charge is 0.493 e. The summed E-state index contributed by atoms with van der Waals surface area (Å²) in [5.74, 6) is 1.42. The Labute approximate surface area is 143 Å². The molecule has 0 unspecified atom stereocenters. The number of methoxy groups -OCH3 is 2. The Morgan fingerprint density at radius 3 is 2.33 bits per heavy atom. The molecular formula is C20H25NO3. The normalized spacial score (nSPS) is 11.7. The van der Waals surface area contributed by atoms with E-state index in [1.807, 2.05) is 25.1 Å². The Bertz CT molecular complexity index is 680. The minimum absolute atomic E-state index is 0.00324. The minimum Gasteiger partial charge on any atom is -0.493 e. The highest BCUT2D eigenvalue weighted by molar-refractivity contribution is 5.76. The van der Waals surface area contributed by atoms with Crippen molar-refractivity contribution in [3.05, 3.63) is 59.2 Å². The highest BCUT2D eigenvalue weighted by atomic mass is 16.5. The SMILES string of the molecule is COc1ccc(CCC(=O)N[C@@H](C)c2ccc(C)cc2)cc1OC.